The standard InChI is InChI=1S/C12H10BrNO4S2/c1-7-11(5-12(13)19-7)20(15,16)14-8-2-3-9-10(4-8)18-6-17-9/h2-5,14H,6H2,1H3. The van der Waals surface area contributed by atoms with Crippen LogP contribution in [-0.4, -0.2) is 15.2 Å². The normalized spacial score (nSPS) is 13.5. The van der Waals surface area contributed by atoms with Crippen molar-refractivity contribution in [3.05, 3.63) is 32.9 Å². The molecule has 8 heteroatoms. The van der Waals surface area contributed by atoms with Crippen LogP contribution in [0.25, 0.3) is 0 Å². The summed E-state index contributed by atoms with van der Waals surface area (Å²) in [5, 5.41) is 0. The van der Waals surface area contributed by atoms with Gasteiger partial charge in [0.2, 0.25) is 6.79 Å². The molecule has 3 rings (SSSR count). The minimum atomic E-state index is -3.61. The first kappa shape index (κ1) is 13.7. The van der Waals surface area contributed by atoms with Crippen LogP contribution >= 0.6 is 27.3 Å². The van der Waals surface area contributed by atoms with Gasteiger partial charge in [0.15, 0.2) is 11.5 Å². The second-order valence-corrected chi connectivity index (χ2v) is 8.43. The molecule has 0 spiro atoms. The Bertz CT molecular complexity index is 770. The second kappa shape index (κ2) is 4.94. The highest BCUT2D eigenvalue weighted by molar-refractivity contribution is 9.11. The maximum absolute atomic E-state index is 12.3. The molecule has 0 radical (unpaired) electrons. The quantitative estimate of drug-likeness (QED) is 0.893. The molecule has 5 nitrogen and oxygen atoms in total. The fraction of sp³-hybridized carbons (Fsp3) is 0.167. The number of sulfonamides is 1. The van der Waals surface area contributed by atoms with Crippen LogP contribution < -0.4 is 14.2 Å². The van der Waals surface area contributed by atoms with Gasteiger partial charge in [0.25, 0.3) is 10.0 Å². The summed E-state index contributed by atoms with van der Waals surface area (Å²) in [5.74, 6) is 1.15. The predicted molar refractivity (Wildman–Crippen MR) is 80.1 cm³/mol. The summed E-state index contributed by atoms with van der Waals surface area (Å²) < 4.78 is 38.4. The molecule has 1 aromatic heterocycles. The molecule has 2 heterocycles. The van der Waals surface area contributed by atoms with E-state index in [1.165, 1.54) is 11.3 Å². The van der Waals surface area contributed by atoms with Gasteiger partial charge in [-0.3, -0.25) is 4.72 Å². The smallest absolute Gasteiger partial charge is 0.263 e. The lowest BCUT2D eigenvalue weighted by Crippen LogP contribution is -2.13. The molecule has 1 aromatic carbocycles. The first-order valence-electron chi connectivity index (χ1n) is 5.64. The van der Waals surface area contributed by atoms with Crippen molar-refractivity contribution in [3.8, 4) is 11.5 Å². The van der Waals surface area contributed by atoms with Crippen LogP contribution in [0.5, 0.6) is 11.5 Å². The Kier molecular flexibility index (Phi) is 3.39. The number of fused-ring (bicyclic) bond motifs is 1. The zero-order chi connectivity index (χ0) is 14.3. The third kappa shape index (κ3) is 2.50. The van der Waals surface area contributed by atoms with E-state index in [9.17, 15) is 8.42 Å². The molecule has 106 valence electrons. The van der Waals surface area contributed by atoms with E-state index >= 15 is 0 Å². The number of hydrogen-bond donors (Lipinski definition) is 1. The summed E-state index contributed by atoms with van der Waals surface area (Å²) in [4.78, 5) is 0.997. The van der Waals surface area contributed by atoms with Crippen LogP contribution in [0.15, 0.2) is 32.9 Å². The summed E-state index contributed by atoms with van der Waals surface area (Å²) in [6, 6.07) is 6.52. The van der Waals surface area contributed by atoms with Gasteiger partial charge in [0.1, 0.15) is 4.90 Å². The number of halogens is 1. The van der Waals surface area contributed by atoms with Crippen LogP contribution in [0.2, 0.25) is 0 Å². The maximum atomic E-state index is 12.3. The first-order valence-corrected chi connectivity index (χ1v) is 8.73. The Morgan fingerprint density at radius 3 is 2.70 bits per heavy atom. The highest BCUT2D eigenvalue weighted by atomic mass is 79.9. The predicted octanol–water partition coefficient (Wildman–Crippen LogP) is 3.35. The van der Waals surface area contributed by atoms with Crippen LogP contribution in [-0.2, 0) is 10.0 Å². The fourth-order valence-corrected chi connectivity index (χ4v) is 5.33. The Hall–Kier alpha value is -1.25. The summed E-state index contributed by atoms with van der Waals surface area (Å²) in [5.41, 5.74) is 0.441. The zero-order valence-corrected chi connectivity index (χ0v) is 13.6. The molecule has 1 aliphatic heterocycles. The number of thiophene rings is 1. The van der Waals surface area contributed by atoms with Gasteiger partial charge >= 0.3 is 0 Å². The molecule has 2 aromatic rings. The van der Waals surface area contributed by atoms with E-state index in [1.54, 1.807) is 31.2 Å². The van der Waals surface area contributed by atoms with E-state index in [0.29, 0.717) is 17.2 Å². The molecule has 0 saturated heterocycles. The number of ether oxygens (including phenoxy) is 2. The summed E-state index contributed by atoms with van der Waals surface area (Å²) in [6.07, 6.45) is 0. The molecule has 0 unspecified atom stereocenters. The molecule has 1 N–H and O–H groups in total. The van der Waals surface area contributed by atoms with Gasteiger partial charge in [0, 0.05) is 10.9 Å². The molecule has 0 atom stereocenters. The number of nitrogens with one attached hydrogen (secondary N) is 1. The van der Waals surface area contributed by atoms with Gasteiger partial charge in [-0.2, -0.15) is 0 Å². The van der Waals surface area contributed by atoms with Crippen LogP contribution in [0, 0.1) is 6.92 Å². The van der Waals surface area contributed by atoms with Gasteiger partial charge in [-0.25, -0.2) is 8.42 Å². The van der Waals surface area contributed by atoms with Crippen LogP contribution in [0.3, 0.4) is 0 Å². The number of anilines is 1. The van der Waals surface area contributed by atoms with E-state index in [1.807, 2.05) is 0 Å². The maximum Gasteiger partial charge on any atom is 0.263 e. The van der Waals surface area contributed by atoms with Crippen molar-refractivity contribution in [1.82, 2.24) is 0 Å². The minimum Gasteiger partial charge on any atom is -0.454 e. The van der Waals surface area contributed by atoms with E-state index in [-0.39, 0.29) is 11.7 Å². The van der Waals surface area contributed by atoms with Crippen molar-refractivity contribution in [1.29, 1.82) is 0 Å². The third-order valence-electron chi connectivity index (χ3n) is 2.76. The van der Waals surface area contributed by atoms with Crippen LogP contribution in [0.4, 0.5) is 5.69 Å². The van der Waals surface area contributed by atoms with Gasteiger partial charge in [-0.1, -0.05) is 0 Å². The minimum absolute atomic E-state index is 0.155. The highest BCUT2D eigenvalue weighted by Gasteiger charge is 2.21. The lowest BCUT2D eigenvalue weighted by Gasteiger charge is -2.08. The third-order valence-corrected chi connectivity index (χ3v) is 5.95. The molecule has 0 saturated carbocycles. The van der Waals surface area contributed by atoms with Gasteiger partial charge in [-0.05, 0) is 41.1 Å². The molecular formula is C12H10BrNO4S2. The molecule has 0 aliphatic carbocycles. The molecule has 0 amide bonds. The second-order valence-electron chi connectivity index (χ2n) is 4.14. The van der Waals surface area contributed by atoms with Crippen molar-refractivity contribution in [3.63, 3.8) is 0 Å². The summed E-state index contributed by atoms with van der Waals surface area (Å²) >= 11 is 4.67. The number of hydrogen-bond acceptors (Lipinski definition) is 5. The number of benzene rings is 1. The molecule has 0 fully saturated rings. The van der Waals surface area contributed by atoms with E-state index in [0.717, 1.165) is 8.66 Å². The van der Waals surface area contributed by atoms with E-state index in [2.05, 4.69) is 20.7 Å². The topological polar surface area (TPSA) is 64.6 Å². The van der Waals surface area contributed by atoms with E-state index < -0.39 is 10.0 Å². The lowest BCUT2D eigenvalue weighted by molar-refractivity contribution is 0.174. The van der Waals surface area contributed by atoms with Crippen molar-refractivity contribution < 1.29 is 17.9 Å². The molecule has 20 heavy (non-hydrogen) atoms. The molecular weight excluding hydrogens is 366 g/mol. The Morgan fingerprint density at radius 1 is 1.25 bits per heavy atom. The summed E-state index contributed by atoms with van der Waals surface area (Å²) in [7, 11) is -3.61. The van der Waals surface area contributed by atoms with Crippen molar-refractivity contribution >= 4 is 43.0 Å². The van der Waals surface area contributed by atoms with Crippen molar-refractivity contribution in [2.45, 2.75) is 11.8 Å². The fourth-order valence-electron chi connectivity index (χ4n) is 1.87. The van der Waals surface area contributed by atoms with Gasteiger partial charge < -0.3 is 9.47 Å². The average molecular weight is 376 g/mol. The van der Waals surface area contributed by atoms with Crippen molar-refractivity contribution in [2.24, 2.45) is 0 Å². The summed E-state index contributed by atoms with van der Waals surface area (Å²) in [6.45, 7) is 1.92. The van der Waals surface area contributed by atoms with Gasteiger partial charge in [-0.15, -0.1) is 11.3 Å². The molecule has 1 aliphatic rings. The zero-order valence-electron chi connectivity index (χ0n) is 10.3. The number of aryl methyl sites for hydroxylation is 1. The SMILES string of the molecule is Cc1sc(Br)cc1S(=O)(=O)Nc1ccc2c(c1)OCO2. The first-order chi connectivity index (χ1) is 9.45. The van der Waals surface area contributed by atoms with Gasteiger partial charge in [0.05, 0.1) is 9.47 Å². The van der Waals surface area contributed by atoms with Crippen molar-refractivity contribution in [2.75, 3.05) is 11.5 Å². The largest absolute Gasteiger partial charge is 0.454 e. The van der Waals surface area contributed by atoms with Crippen LogP contribution in [0.1, 0.15) is 4.88 Å². The number of rotatable bonds is 3. The lowest BCUT2D eigenvalue weighted by atomic mass is 10.3. The highest BCUT2D eigenvalue weighted by Crippen LogP contribution is 2.36. The molecule has 0 bridgehead atoms. The monoisotopic (exact) mass is 375 g/mol. The Labute approximate surface area is 128 Å². The Morgan fingerprint density at radius 2 is 2.00 bits per heavy atom. The average Bonchev–Trinajstić information content (AvgIpc) is 2.94. The Balaban J connectivity index is 1.92. The van der Waals surface area contributed by atoms with E-state index in [4.69, 9.17) is 9.47 Å².